The molecule has 0 spiro atoms. The van der Waals surface area contributed by atoms with Crippen LogP contribution < -0.4 is 26.2 Å². The highest BCUT2D eigenvalue weighted by Crippen LogP contribution is 2.43. The average Bonchev–Trinajstić information content (AvgIpc) is 1.62. The molecule has 8 aliphatic rings. The van der Waals surface area contributed by atoms with Crippen LogP contribution in [0.2, 0.25) is 0 Å². The number of carbonyl (C=O) groups excluding carboxylic acids is 1. The van der Waals surface area contributed by atoms with Crippen LogP contribution in [0.5, 0.6) is 0 Å². The maximum Gasteiger partial charge on any atom is 0.251 e. The van der Waals surface area contributed by atoms with E-state index in [9.17, 15) is 23.2 Å². The smallest absolute Gasteiger partial charge is 0.251 e. The van der Waals surface area contributed by atoms with Crippen molar-refractivity contribution in [2.45, 2.75) is 304 Å². The molecule has 2 aromatic heterocycles. The molecule has 4 saturated carbocycles. The predicted octanol–water partition coefficient (Wildman–Crippen LogP) is 15.0. The first kappa shape index (κ1) is 77.2. The number of carbonyl (C=O) groups is 1. The molecule has 4 aliphatic heterocycles. The minimum atomic E-state index is -0.715. The SMILES string of the molecule is C=C(CN(CC(C)C)C(CC)CC)N1CC(C)(C)c2[nH]c(=O)c(CC3CCC(F)CC3)cc21.CC1CCC(CC2CCC(OC[C@@H]3CN(CC4CN[C@H](C)CN4CC(=O)N4CC(C)(C)c5[nH]c(=O)c(CC6CCC(F)CC6)cc54)CCO3)CC2)CC1.CCCOC(CC)CC. The Morgan fingerprint density at radius 1 is 0.716 bits per heavy atom. The molecule has 540 valence electrons. The number of alkyl halides is 2. The molecule has 10 rings (SSSR count). The molecule has 6 fully saturated rings. The number of H-pyrrole nitrogens is 2. The minimum absolute atomic E-state index is 0.0233. The summed E-state index contributed by atoms with van der Waals surface area (Å²) in [6.45, 7) is 43.6. The van der Waals surface area contributed by atoms with Crippen molar-refractivity contribution in [2.24, 2.45) is 35.5 Å². The second-order valence-electron chi connectivity index (χ2n) is 32.9. The largest absolute Gasteiger partial charge is 0.378 e. The molecular formula is C79H134F2N8O6. The molecule has 1 unspecified atom stereocenters. The van der Waals surface area contributed by atoms with Gasteiger partial charge in [-0.1, -0.05) is 115 Å². The van der Waals surface area contributed by atoms with Gasteiger partial charge < -0.3 is 39.3 Å². The Morgan fingerprint density at radius 2 is 1.24 bits per heavy atom. The van der Waals surface area contributed by atoms with E-state index in [-0.39, 0.29) is 40.0 Å². The molecule has 6 heterocycles. The Morgan fingerprint density at radius 3 is 1.77 bits per heavy atom. The van der Waals surface area contributed by atoms with Gasteiger partial charge in [-0.05, 0) is 183 Å². The normalized spacial score (nSPS) is 28.7. The van der Waals surface area contributed by atoms with E-state index in [1.54, 1.807) is 0 Å². The highest BCUT2D eigenvalue weighted by molar-refractivity contribution is 5.97. The number of pyridine rings is 2. The quantitative estimate of drug-likeness (QED) is 0.0830. The summed E-state index contributed by atoms with van der Waals surface area (Å²) in [5, 5.41) is 3.68. The minimum Gasteiger partial charge on any atom is -0.378 e. The molecule has 16 heteroatoms. The number of ether oxygens (including phenoxy) is 3. The molecule has 4 aliphatic carbocycles. The van der Waals surface area contributed by atoms with E-state index < -0.39 is 12.3 Å². The number of hydrogen-bond donors (Lipinski definition) is 3. The molecule has 95 heavy (non-hydrogen) atoms. The van der Waals surface area contributed by atoms with Gasteiger partial charge in [0.05, 0.1) is 49.4 Å². The number of halogens is 2. The van der Waals surface area contributed by atoms with E-state index >= 15 is 0 Å². The third kappa shape index (κ3) is 22.2. The number of fused-ring (bicyclic) bond motifs is 2. The van der Waals surface area contributed by atoms with Crippen LogP contribution in [-0.2, 0) is 42.7 Å². The topological polar surface area (TPSA) is 139 Å². The summed E-state index contributed by atoms with van der Waals surface area (Å²) < 4.78 is 45.6. The van der Waals surface area contributed by atoms with E-state index in [4.69, 9.17) is 14.2 Å². The fourth-order valence-corrected chi connectivity index (χ4v) is 17.3. The molecule has 1 amide bonds. The number of nitrogens with one attached hydrogen (secondary N) is 3. The van der Waals surface area contributed by atoms with Crippen molar-refractivity contribution in [2.75, 3.05) is 95.1 Å². The first-order valence-electron chi connectivity index (χ1n) is 38.7. The second kappa shape index (κ2) is 36.7. The lowest BCUT2D eigenvalue weighted by Crippen LogP contribution is -2.61. The van der Waals surface area contributed by atoms with Gasteiger partial charge in [0.25, 0.3) is 11.1 Å². The van der Waals surface area contributed by atoms with Crippen LogP contribution in [-0.4, -0.2) is 165 Å². The fraction of sp³-hybridized carbons (Fsp3) is 0.835. The molecule has 3 N–H and O–H groups in total. The number of piperazine rings is 1. The molecule has 2 saturated heterocycles. The summed E-state index contributed by atoms with van der Waals surface area (Å²) in [5.41, 5.74) is 5.95. The van der Waals surface area contributed by atoms with Crippen LogP contribution in [0, 0.1) is 35.5 Å². The fourth-order valence-electron chi connectivity index (χ4n) is 17.3. The van der Waals surface area contributed by atoms with E-state index in [1.165, 1.54) is 57.8 Å². The molecule has 3 atom stereocenters. The first-order valence-corrected chi connectivity index (χ1v) is 38.7. The van der Waals surface area contributed by atoms with Crippen LogP contribution in [0.1, 0.15) is 254 Å². The van der Waals surface area contributed by atoms with Gasteiger partial charge in [0, 0.05) is 123 Å². The lowest BCUT2D eigenvalue weighted by Gasteiger charge is -2.43. The number of aromatic amines is 2. The summed E-state index contributed by atoms with van der Waals surface area (Å²) >= 11 is 0. The van der Waals surface area contributed by atoms with Gasteiger partial charge in [-0.25, -0.2) is 8.78 Å². The molecule has 2 aromatic rings. The van der Waals surface area contributed by atoms with Gasteiger partial charge in [0.15, 0.2) is 0 Å². The number of hydrogen-bond acceptors (Lipinski definition) is 11. The average molecular weight is 1330 g/mol. The Balaban J connectivity index is 0.000000234. The van der Waals surface area contributed by atoms with Crippen molar-refractivity contribution in [3.63, 3.8) is 0 Å². The standard InChI is InChI=1S/C43H70FN5O4.C28H46FN3O.C8H18O/c1-29-5-7-31(8-6-29)19-32-11-15-37(16-12-32)53-27-38-25-47(17-18-52-38)24-36-22-45-30(2)23-48(36)26-40(50)49-28-43(3,4)41-39(49)21-34(42(51)46-41)20-33-9-13-35(44)14-10-33;1-8-24(9-2)31(16-19(3)4)17-20(5)32-18-28(6,7)26-25(32)15-22(27(33)30-26)14-21-10-12-23(29)13-11-21;1-4-7-9-8(5-2)6-3/h21,29-33,35-38,45H,5-20,22-28H2,1-4H3,(H,46,51);15,19,21,23-24H,5,8-14,16-18H2,1-4,6-7H3,(H,30,33);8H,4-7H2,1-3H3/t29?,30-,31?,32?,33?,35?,36?,37?,38+;;/m1../s1. The van der Waals surface area contributed by atoms with Crippen LogP contribution in [0.4, 0.5) is 20.2 Å². The highest BCUT2D eigenvalue weighted by Gasteiger charge is 2.43. The Kier molecular flexibility index (Phi) is 29.8. The molecule has 0 aromatic carbocycles. The third-order valence-electron chi connectivity index (χ3n) is 23.3. The molecule has 0 radical (unpaired) electrons. The highest BCUT2D eigenvalue weighted by atomic mass is 19.1. The number of nitrogens with zero attached hydrogens (tertiary/aromatic N) is 5. The van der Waals surface area contributed by atoms with Crippen LogP contribution in [0.25, 0.3) is 0 Å². The van der Waals surface area contributed by atoms with Gasteiger partial charge in [0.2, 0.25) is 5.91 Å². The number of morpholine rings is 1. The van der Waals surface area contributed by atoms with Crippen LogP contribution in [0.3, 0.4) is 0 Å². The van der Waals surface area contributed by atoms with Crippen molar-refractivity contribution in [1.29, 1.82) is 0 Å². The first-order chi connectivity index (χ1) is 45.4. The zero-order valence-electron chi connectivity index (χ0n) is 62.0. The van der Waals surface area contributed by atoms with Crippen molar-refractivity contribution in [3.8, 4) is 0 Å². The van der Waals surface area contributed by atoms with Gasteiger partial charge in [0.1, 0.15) is 12.3 Å². The zero-order chi connectivity index (χ0) is 68.6. The van der Waals surface area contributed by atoms with Crippen molar-refractivity contribution < 1.29 is 27.8 Å². The van der Waals surface area contributed by atoms with E-state index in [0.717, 1.165) is 181 Å². The van der Waals surface area contributed by atoms with Gasteiger partial charge >= 0.3 is 0 Å². The van der Waals surface area contributed by atoms with Crippen molar-refractivity contribution >= 4 is 17.3 Å². The van der Waals surface area contributed by atoms with Gasteiger partial charge in [-0.3, -0.25) is 29.1 Å². The summed E-state index contributed by atoms with van der Waals surface area (Å²) in [6, 6.07) is 5.15. The summed E-state index contributed by atoms with van der Waals surface area (Å²) in [7, 11) is 0. The number of anilines is 2. The summed E-state index contributed by atoms with van der Waals surface area (Å²) in [6.07, 6.45) is 24.6. The Bertz CT molecular complexity index is 2770. The van der Waals surface area contributed by atoms with Gasteiger partial charge in [-0.15, -0.1) is 0 Å². The van der Waals surface area contributed by atoms with Gasteiger partial charge in [-0.2, -0.15) is 0 Å². The lowest BCUT2D eigenvalue weighted by molar-refractivity contribution is -0.121. The number of amides is 1. The number of rotatable bonds is 26. The molecular weight excluding hydrogens is 1190 g/mol. The molecule has 0 bridgehead atoms. The summed E-state index contributed by atoms with van der Waals surface area (Å²) in [5.74, 6) is 4.19. The van der Waals surface area contributed by atoms with Crippen LogP contribution in [0.15, 0.2) is 34.0 Å². The van der Waals surface area contributed by atoms with Crippen molar-refractivity contribution in [3.05, 3.63) is 67.6 Å². The molecule has 14 nitrogen and oxygen atoms in total. The van der Waals surface area contributed by atoms with E-state index in [0.29, 0.717) is 100 Å². The summed E-state index contributed by atoms with van der Waals surface area (Å²) in [4.78, 5) is 58.6. The number of aromatic nitrogens is 2. The Hall–Kier alpha value is -3.51. The second-order valence-corrected chi connectivity index (χ2v) is 32.9. The van der Waals surface area contributed by atoms with Crippen molar-refractivity contribution in [1.82, 2.24) is 30.0 Å². The van der Waals surface area contributed by atoms with Crippen LogP contribution >= 0.6 is 0 Å². The maximum absolute atomic E-state index is 14.2. The monoisotopic (exact) mass is 1330 g/mol. The van der Waals surface area contributed by atoms with E-state index in [2.05, 4.69) is 138 Å². The Labute approximate surface area is 574 Å². The maximum atomic E-state index is 14.2. The lowest BCUT2D eigenvalue weighted by atomic mass is 9.75. The van der Waals surface area contributed by atoms with E-state index in [1.807, 2.05) is 11.0 Å². The zero-order valence-corrected chi connectivity index (χ0v) is 62.0. The predicted molar refractivity (Wildman–Crippen MR) is 388 cm³/mol. The third-order valence-corrected chi connectivity index (χ3v) is 23.3.